The lowest BCUT2D eigenvalue weighted by Gasteiger charge is -2.21. The van der Waals surface area contributed by atoms with Gasteiger partial charge in [0.25, 0.3) is 5.56 Å². The van der Waals surface area contributed by atoms with Crippen LogP contribution < -0.4 is 5.56 Å². The highest BCUT2D eigenvalue weighted by atomic mass is 35.5. The Balaban J connectivity index is 1.67. The largest absolute Gasteiger partial charge is 0.461 e. The third-order valence-corrected chi connectivity index (χ3v) is 6.27. The summed E-state index contributed by atoms with van der Waals surface area (Å²) in [5.74, 6) is -0.370. The molecule has 2 aromatic heterocycles. The summed E-state index contributed by atoms with van der Waals surface area (Å²) in [6.45, 7) is 2.55. The molecule has 4 aromatic rings. The molecule has 0 atom stereocenters. The summed E-state index contributed by atoms with van der Waals surface area (Å²) >= 11 is 6.06. The molecule has 0 amide bonds. The van der Waals surface area contributed by atoms with Crippen molar-refractivity contribution in [2.24, 2.45) is 0 Å². The number of aromatic nitrogens is 2. The Labute approximate surface area is 196 Å². The minimum absolute atomic E-state index is 0.148. The molecule has 0 spiro atoms. The molecule has 6 heteroatoms. The first-order valence-corrected chi connectivity index (χ1v) is 11.4. The zero-order valence-electron chi connectivity index (χ0n) is 18.2. The molecule has 0 aliphatic heterocycles. The predicted molar refractivity (Wildman–Crippen MR) is 130 cm³/mol. The number of pyridine rings is 1. The maximum Gasteiger partial charge on any atom is 0.354 e. The second kappa shape index (κ2) is 8.75. The van der Waals surface area contributed by atoms with Crippen LogP contribution >= 0.6 is 11.6 Å². The quantitative estimate of drug-likeness (QED) is 0.402. The maximum atomic E-state index is 13.1. The molecule has 1 aliphatic rings. The Morgan fingerprint density at radius 3 is 2.48 bits per heavy atom. The summed E-state index contributed by atoms with van der Waals surface area (Å²) in [6, 6.07) is 21.1. The van der Waals surface area contributed by atoms with Crippen molar-refractivity contribution in [3.63, 3.8) is 0 Å². The number of ether oxygens (including phenoxy) is 1. The number of aryl methyl sites for hydroxylation is 2. The monoisotopic (exact) mass is 458 g/mol. The van der Waals surface area contributed by atoms with E-state index in [1.807, 2.05) is 71.3 Å². The Morgan fingerprint density at radius 1 is 1.03 bits per heavy atom. The number of benzene rings is 2. The smallest absolute Gasteiger partial charge is 0.354 e. The number of carbonyl (C=O) groups is 1. The van der Waals surface area contributed by atoms with E-state index in [9.17, 15) is 9.59 Å². The van der Waals surface area contributed by atoms with Gasteiger partial charge in [0, 0.05) is 17.1 Å². The van der Waals surface area contributed by atoms with E-state index < -0.39 is 0 Å². The van der Waals surface area contributed by atoms with Gasteiger partial charge in [-0.15, -0.1) is 0 Å². The number of rotatable bonds is 5. The van der Waals surface area contributed by atoms with Gasteiger partial charge >= 0.3 is 5.97 Å². The zero-order chi connectivity index (χ0) is 22.9. The number of hydrogen-bond acceptors (Lipinski definition) is 3. The van der Waals surface area contributed by atoms with E-state index in [0.717, 1.165) is 46.5 Å². The maximum absolute atomic E-state index is 13.1. The third kappa shape index (κ3) is 4.00. The Bertz CT molecular complexity index is 1390. The van der Waals surface area contributed by atoms with Crippen LogP contribution in [0.2, 0.25) is 5.02 Å². The molecule has 0 radical (unpaired) electrons. The van der Waals surface area contributed by atoms with Gasteiger partial charge in [0.1, 0.15) is 5.69 Å². The number of aromatic amines is 1. The Hall–Kier alpha value is -3.57. The normalized spacial score (nSPS) is 12.2. The molecule has 1 aliphatic carbocycles. The first kappa shape index (κ1) is 21.3. The van der Waals surface area contributed by atoms with Gasteiger partial charge in [0.15, 0.2) is 0 Å². The average molecular weight is 459 g/mol. The van der Waals surface area contributed by atoms with Crippen LogP contribution in [-0.4, -0.2) is 22.1 Å². The van der Waals surface area contributed by atoms with Crippen molar-refractivity contribution in [1.29, 1.82) is 0 Å². The fourth-order valence-electron chi connectivity index (χ4n) is 4.48. The number of nitrogens with zero attached hydrogens (tertiary/aromatic N) is 1. The molecule has 33 heavy (non-hydrogen) atoms. The van der Waals surface area contributed by atoms with Crippen LogP contribution in [-0.2, 0) is 24.1 Å². The van der Waals surface area contributed by atoms with E-state index in [1.54, 1.807) is 6.92 Å². The van der Waals surface area contributed by atoms with Gasteiger partial charge in [-0.1, -0.05) is 54.1 Å². The molecule has 2 heterocycles. The fourth-order valence-corrected chi connectivity index (χ4v) is 4.61. The van der Waals surface area contributed by atoms with Crippen LogP contribution in [0.4, 0.5) is 0 Å². The second-order valence-electron chi connectivity index (χ2n) is 8.11. The van der Waals surface area contributed by atoms with Crippen LogP contribution in [0, 0.1) is 0 Å². The highest BCUT2D eigenvalue weighted by molar-refractivity contribution is 6.30. The Kier molecular flexibility index (Phi) is 5.65. The molecule has 166 valence electrons. The van der Waals surface area contributed by atoms with Crippen LogP contribution in [0.25, 0.3) is 22.5 Å². The molecule has 1 N–H and O–H groups in total. The van der Waals surface area contributed by atoms with Crippen molar-refractivity contribution in [2.75, 3.05) is 6.61 Å². The van der Waals surface area contributed by atoms with E-state index in [4.69, 9.17) is 16.3 Å². The summed E-state index contributed by atoms with van der Waals surface area (Å²) in [5, 5.41) is 0.655. The first-order valence-electron chi connectivity index (χ1n) is 11.0. The number of fused-ring (bicyclic) bond motifs is 3. The minimum Gasteiger partial charge on any atom is -0.461 e. The van der Waals surface area contributed by atoms with E-state index in [1.165, 1.54) is 0 Å². The molecule has 0 bridgehead atoms. The van der Waals surface area contributed by atoms with Crippen LogP contribution in [0.3, 0.4) is 0 Å². The number of carbonyl (C=O) groups excluding carboxylic acids is 1. The molecule has 2 aromatic carbocycles. The van der Waals surface area contributed by atoms with Gasteiger partial charge in [-0.3, -0.25) is 4.79 Å². The first-order chi connectivity index (χ1) is 16.0. The van der Waals surface area contributed by atoms with Crippen molar-refractivity contribution in [3.05, 3.63) is 104 Å². The molecule has 0 fully saturated rings. The van der Waals surface area contributed by atoms with Crippen molar-refractivity contribution >= 4 is 17.6 Å². The topological polar surface area (TPSA) is 64.1 Å². The lowest BCUT2D eigenvalue weighted by molar-refractivity contribution is 0.0514. The highest BCUT2D eigenvalue weighted by Crippen LogP contribution is 2.36. The number of esters is 1. The second-order valence-corrected chi connectivity index (χ2v) is 8.55. The van der Waals surface area contributed by atoms with Crippen molar-refractivity contribution in [1.82, 2.24) is 9.55 Å². The van der Waals surface area contributed by atoms with E-state index in [0.29, 0.717) is 29.4 Å². The van der Waals surface area contributed by atoms with E-state index in [2.05, 4.69) is 4.98 Å². The lowest BCUT2D eigenvalue weighted by atomic mass is 9.92. The minimum atomic E-state index is -0.370. The number of hydrogen-bond donors (Lipinski definition) is 1. The molecule has 5 nitrogen and oxygen atoms in total. The van der Waals surface area contributed by atoms with Gasteiger partial charge in [-0.2, -0.15) is 0 Å². The molecule has 0 saturated carbocycles. The highest BCUT2D eigenvalue weighted by Gasteiger charge is 2.28. The number of halogens is 1. The number of H-pyrrole nitrogens is 1. The van der Waals surface area contributed by atoms with E-state index in [-0.39, 0.29) is 11.5 Å². The molecule has 0 unspecified atom stereocenters. The van der Waals surface area contributed by atoms with E-state index >= 15 is 0 Å². The Morgan fingerprint density at radius 2 is 1.76 bits per heavy atom. The number of nitrogens with one attached hydrogen (secondary N) is 1. The SMILES string of the molecule is CCOC(=O)c1cc2c(n1Cc1ccc(Cl)cc1)-c1[nH]c(=O)c(-c3ccccc3)cc1CC2. The standard InChI is InChI=1S/C27H23ClN2O3/c1-2-33-27(32)23-15-20-11-10-19-14-22(18-6-4-3-5-7-18)26(31)29-24(19)25(20)30(23)16-17-8-12-21(28)13-9-17/h3-9,12-15H,2,10-11,16H2,1H3,(H,29,31). The molecule has 5 rings (SSSR count). The van der Waals surface area contributed by atoms with Crippen molar-refractivity contribution < 1.29 is 9.53 Å². The summed E-state index contributed by atoms with van der Waals surface area (Å²) in [6.07, 6.45) is 1.56. The van der Waals surface area contributed by atoms with Crippen LogP contribution in [0.5, 0.6) is 0 Å². The van der Waals surface area contributed by atoms with Gasteiger partial charge in [-0.25, -0.2) is 4.79 Å². The van der Waals surface area contributed by atoms with Gasteiger partial charge in [0.05, 0.1) is 18.0 Å². The van der Waals surface area contributed by atoms with Gasteiger partial charge in [-0.05, 0) is 66.3 Å². The van der Waals surface area contributed by atoms with Crippen LogP contribution in [0.1, 0.15) is 34.1 Å². The van der Waals surface area contributed by atoms with Crippen molar-refractivity contribution in [3.8, 4) is 22.5 Å². The fraction of sp³-hybridized carbons (Fsp3) is 0.185. The summed E-state index contributed by atoms with van der Waals surface area (Å²) in [5.41, 5.74) is 6.60. The predicted octanol–water partition coefficient (Wildman–Crippen LogP) is 5.49. The van der Waals surface area contributed by atoms with Gasteiger partial charge in [0.2, 0.25) is 0 Å². The van der Waals surface area contributed by atoms with Crippen LogP contribution in [0.15, 0.2) is 71.5 Å². The lowest BCUT2D eigenvalue weighted by Crippen LogP contribution is -2.19. The molecular formula is C27H23ClN2O3. The third-order valence-electron chi connectivity index (χ3n) is 6.02. The summed E-state index contributed by atoms with van der Waals surface area (Å²) < 4.78 is 7.29. The summed E-state index contributed by atoms with van der Waals surface area (Å²) in [7, 11) is 0. The molecule has 0 saturated heterocycles. The van der Waals surface area contributed by atoms with Gasteiger partial charge < -0.3 is 14.3 Å². The average Bonchev–Trinajstić information content (AvgIpc) is 3.20. The zero-order valence-corrected chi connectivity index (χ0v) is 19.0. The summed E-state index contributed by atoms with van der Waals surface area (Å²) in [4.78, 5) is 29.0. The molecular weight excluding hydrogens is 436 g/mol. The van der Waals surface area contributed by atoms with Crippen molar-refractivity contribution in [2.45, 2.75) is 26.3 Å².